The van der Waals surface area contributed by atoms with Crippen LogP contribution in [0.4, 0.5) is 8.78 Å². The summed E-state index contributed by atoms with van der Waals surface area (Å²) >= 11 is 0. The average Bonchev–Trinajstić information content (AvgIpc) is 2.30. The normalized spacial score (nSPS) is 11.4. The summed E-state index contributed by atoms with van der Waals surface area (Å²) < 4.78 is 25.6. The molecule has 3 nitrogen and oxygen atoms in total. The molecule has 0 aliphatic heterocycles. The Morgan fingerprint density at radius 3 is 2.53 bits per heavy atom. The van der Waals surface area contributed by atoms with E-state index in [-0.39, 0.29) is 19.0 Å². The first-order valence-electron chi connectivity index (χ1n) is 5.29. The summed E-state index contributed by atoms with van der Waals surface area (Å²) in [5.74, 6) is -2.04. The van der Waals surface area contributed by atoms with Gasteiger partial charge >= 0.3 is 0 Å². The second-order valence-electron chi connectivity index (χ2n) is 4.52. The molecular weight excluding hydrogens is 226 g/mol. The van der Waals surface area contributed by atoms with Crippen LogP contribution >= 0.6 is 0 Å². The van der Waals surface area contributed by atoms with Crippen LogP contribution in [0.5, 0.6) is 0 Å². The SMILES string of the molecule is CC(C)(CN)C(=O)NCc1ccc(F)c(F)c1. The van der Waals surface area contributed by atoms with Gasteiger partial charge in [0.15, 0.2) is 11.6 Å². The molecule has 0 bridgehead atoms. The van der Waals surface area contributed by atoms with Crippen molar-refractivity contribution in [2.45, 2.75) is 20.4 Å². The summed E-state index contributed by atoms with van der Waals surface area (Å²) in [6, 6.07) is 3.52. The van der Waals surface area contributed by atoms with Crippen molar-refractivity contribution in [3.63, 3.8) is 0 Å². The third-order valence-corrected chi connectivity index (χ3v) is 2.56. The number of halogens is 2. The predicted octanol–water partition coefficient (Wildman–Crippen LogP) is 1.57. The molecule has 0 aromatic heterocycles. The highest BCUT2D eigenvalue weighted by molar-refractivity contribution is 5.81. The number of nitrogens with one attached hydrogen (secondary N) is 1. The third kappa shape index (κ3) is 3.49. The summed E-state index contributed by atoms with van der Waals surface area (Å²) in [6.45, 7) is 3.80. The number of benzene rings is 1. The van der Waals surface area contributed by atoms with E-state index in [1.165, 1.54) is 6.07 Å². The summed E-state index contributed by atoms with van der Waals surface area (Å²) in [5, 5.41) is 2.63. The third-order valence-electron chi connectivity index (χ3n) is 2.56. The maximum Gasteiger partial charge on any atom is 0.227 e. The van der Waals surface area contributed by atoms with Crippen molar-refractivity contribution in [2.24, 2.45) is 11.1 Å². The van der Waals surface area contributed by atoms with Crippen molar-refractivity contribution in [3.8, 4) is 0 Å². The fourth-order valence-electron chi connectivity index (χ4n) is 1.16. The first kappa shape index (κ1) is 13.6. The monoisotopic (exact) mass is 242 g/mol. The lowest BCUT2D eigenvalue weighted by molar-refractivity contribution is -0.129. The highest BCUT2D eigenvalue weighted by Crippen LogP contribution is 2.13. The molecule has 94 valence electrons. The molecule has 0 atom stereocenters. The van der Waals surface area contributed by atoms with Crippen molar-refractivity contribution < 1.29 is 13.6 Å². The molecule has 1 aromatic rings. The van der Waals surface area contributed by atoms with Crippen LogP contribution in [0, 0.1) is 17.0 Å². The summed E-state index contributed by atoms with van der Waals surface area (Å²) in [4.78, 5) is 11.7. The number of hydrogen-bond acceptors (Lipinski definition) is 2. The highest BCUT2D eigenvalue weighted by atomic mass is 19.2. The van der Waals surface area contributed by atoms with Gasteiger partial charge in [-0.3, -0.25) is 4.79 Å². The first-order valence-corrected chi connectivity index (χ1v) is 5.29. The Bertz CT molecular complexity index is 419. The van der Waals surface area contributed by atoms with Gasteiger partial charge in [0.2, 0.25) is 5.91 Å². The smallest absolute Gasteiger partial charge is 0.227 e. The van der Waals surface area contributed by atoms with Gasteiger partial charge in [-0.1, -0.05) is 6.07 Å². The predicted molar refractivity (Wildman–Crippen MR) is 61.0 cm³/mol. The fraction of sp³-hybridized carbons (Fsp3) is 0.417. The number of nitrogens with two attached hydrogens (primary N) is 1. The molecule has 0 aliphatic carbocycles. The highest BCUT2D eigenvalue weighted by Gasteiger charge is 2.25. The van der Waals surface area contributed by atoms with Gasteiger partial charge in [0.05, 0.1) is 5.41 Å². The van der Waals surface area contributed by atoms with Crippen molar-refractivity contribution in [1.29, 1.82) is 0 Å². The topological polar surface area (TPSA) is 55.1 Å². The van der Waals surface area contributed by atoms with Crippen LogP contribution in [0.15, 0.2) is 18.2 Å². The van der Waals surface area contributed by atoms with E-state index in [9.17, 15) is 13.6 Å². The molecular formula is C12H16F2N2O. The minimum absolute atomic E-state index is 0.152. The summed E-state index contributed by atoms with van der Waals surface area (Å²) in [5.41, 5.74) is 5.29. The Morgan fingerprint density at radius 1 is 1.35 bits per heavy atom. The van der Waals surface area contributed by atoms with Crippen LogP contribution in [0.25, 0.3) is 0 Å². The number of amides is 1. The van der Waals surface area contributed by atoms with Crippen molar-refractivity contribution in [1.82, 2.24) is 5.32 Å². The molecule has 0 aliphatic rings. The zero-order chi connectivity index (χ0) is 13.1. The number of hydrogen-bond donors (Lipinski definition) is 2. The molecule has 0 heterocycles. The van der Waals surface area contributed by atoms with Gasteiger partial charge in [-0.25, -0.2) is 8.78 Å². The van der Waals surface area contributed by atoms with E-state index < -0.39 is 17.0 Å². The van der Waals surface area contributed by atoms with E-state index in [0.717, 1.165) is 12.1 Å². The van der Waals surface area contributed by atoms with Crippen LogP contribution in [0.3, 0.4) is 0 Å². The Balaban J connectivity index is 2.62. The van der Waals surface area contributed by atoms with E-state index in [1.54, 1.807) is 13.8 Å². The van der Waals surface area contributed by atoms with Crippen molar-refractivity contribution in [3.05, 3.63) is 35.4 Å². The average molecular weight is 242 g/mol. The minimum atomic E-state index is -0.921. The Kier molecular flexibility index (Phi) is 4.17. The van der Waals surface area contributed by atoms with Crippen LogP contribution in [0.1, 0.15) is 19.4 Å². The van der Waals surface area contributed by atoms with Gasteiger partial charge in [0.25, 0.3) is 0 Å². The first-order chi connectivity index (χ1) is 7.86. The van der Waals surface area contributed by atoms with Gasteiger partial charge < -0.3 is 11.1 Å². The molecule has 5 heteroatoms. The Morgan fingerprint density at radius 2 is 2.00 bits per heavy atom. The molecule has 0 radical (unpaired) electrons. The quantitative estimate of drug-likeness (QED) is 0.842. The molecule has 0 spiro atoms. The largest absolute Gasteiger partial charge is 0.352 e. The van der Waals surface area contributed by atoms with Crippen LogP contribution in [-0.2, 0) is 11.3 Å². The lowest BCUT2D eigenvalue weighted by Gasteiger charge is -2.21. The van der Waals surface area contributed by atoms with Gasteiger partial charge in [-0.05, 0) is 31.5 Å². The van der Waals surface area contributed by atoms with Crippen molar-refractivity contribution >= 4 is 5.91 Å². The summed E-state index contributed by atoms with van der Waals surface area (Å²) in [7, 11) is 0. The van der Waals surface area contributed by atoms with E-state index in [0.29, 0.717) is 5.56 Å². The van der Waals surface area contributed by atoms with E-state index in [4.69, 9.17) is 5.73 Å². The molecule has 0 unspecified atom stereocenters. The maximum absolute atomic E-state index is 12.9. The number of rotatable bonds is 4. The molecule has 3 N–H and O–H groups in total. The van der Waals surface area contributed by atoms with Gasteiger partial charge in [-0.2, -0.15) is 0 Å². The molecule has 1 amide bonds. The van der Waals surface area contributed by atoms with E-state index in [2.05, 4.69) is 5.32 Å². The van der Waals surface area contributed by atoms with Crippen LogP contribution in [0.2, 0.25) is 0 Å². The lowest BCUT2D eigenvalue weighted by atomic mass is 9.92. The minimum Gasteiger partial charge on any atom is -0.352 e. The van der Waals surface area contributed by atoms with Crippen LogP contribution < -0.4 is 11.1 Å². The number of carbonyl (C=O) groups excluding carboxylic acids is 1. The Hall–Kier alpha value is -1.49. The molecule has 0 fully saturated rings. The molecule has 17 heavy (non-hydrogen) atoms. The van der Waals surface area contributed by atoms with Gasteiger partial charge in [0.1, 0.15) is 0 Å². The summed E-state index contributed by atoms with van der Waals surface area (Å²) in [6.07, 6.45) is 0. The molecule has 1 aromatic carbocycles. The Labute approximate surface area is 99.0 Å². The molecule has 0 saturated carbocycles. The van der Waals surface area contributed by atoms with Crippen molar-refractivity contribution in [2.75, 3.05) is 6.54 Å². The van der Waals surface area contributed by atoms with Gasteiger partial charge in [0, 0.05) is 13.1 Å². The van der Waals surface area contributed by atoms with E-state index >= 15 is 0 Å². The fourth-order valence-corrected chi connectivity index (χ4v) is 1.16. The second kappa shape index (κ2) is 5.23. The zero-order valence-corrected chi connectivity index (χ0v) is 9.89. The maximum atomic E-state index is 12.9. The number of carbonyl (C=O) groups is 1. The molecule has 1 rings (SSSR count). The van der Waals surface area contributed by atoms with Crippen LogP contribution in [-0.4, -0.2) is 12.5 Å². The van der Waals surface area contributed by atoms with E-state index in [1.807, 2.05) is 0 Å². The second-order valence-corrected chi connectivity index (χ2v) is 4.52. The zero-order valence-electron chi connectivity index (χ0n) is 9.89. The molecule has 0 saturated heterocycles. The standard InChI is InChI=1S/C12H16F2N2O/c1-12(2,7-15)11(17)16-6-8-3-4-9(13)10(14)5-8/h3-5H,6-7,15H2,1-2H3,(H,16,17). The van der Waals surface area contributed by atoms with Gasteiger partial charge in [-0.15, -0.1) is 0 Å². The lowest BCUT2D eigenvalue weighted by Crippen LogP contribution is -2.41.